The Balaban J connectivity index is 1.47. The largest absolute Gasteiger partial charge is 0.374 e. The Hall–Kier alpha value is -2.33. The van der Waals surface area contributed by atoms with Crippen molar-refractivity contribution >= 4 is 17.4 Å². The van der Waals surface area contributed by atoms with Crippen molar-refractivity contribution in [3.05, 3.63) is 23.8 Å². The summed E-state index contributed by atoms with van der Waals surface area (Å²) in [6.07, 6.45) is 4.97. The van der Waals surface area contributed by atoms with Gasteiger partial charge < -0.3 is 15.4 Å². The highest BCUT2D eigenvalue weighted by atomic mass is 19.3. The molecule has 2 N–H and O–H groups in total. The summed E-state index contributed by atoms with van der Waals surface area (Å²) in [7, 11) is 0. The highest BCUT2D eigenvalue weighted by Gasteiger charge is 2.40. The Morgan fingerprint density at radius 2 is 2.15 bits per heavy atom. The zero-order chi connectivity index (χ0) is 18.5. The standard InChI is InChI=1S/C17H20F2N6O2/c18-16(19)27-25-6-10(5-21-17(25)20)13-4-14(23-15(22-13)9-1-2-9)24-7-12-3-11(24)8-26-12/h4-5,9,11-12,16H,1-3,6-8H2,(H2,20,21)/t11-,12-/m0/s1. The number of hydrogen-bond acceptors (Lipinski definition) is 8. The van der Waals surface area contributed by atoms with E-state index < -0.39 is 6.61 Å². The van der Waals surface area contributed by atoms with Crippen LogP contribution in [-0.4, -0.2) is 59.4 Å². The molecule has 3 aliphatic heterocycles. The summed E-state index contributed by atoms with van der Waals surface area (Å²) in [5, 5.41) is 0.893. The molecule has 3 fully saturated rings. The van der Waals surface area contributed by atoms with Crippen molar-refractivity contribution < 1.29 is 18.4 Å². The Morgan fingerprint density at radius 3 is 2.81 bits per heavy atom. The molecule has 2 saturated heterocycles. The first-order valence-electron chi connectivity index (χ1n) is 9.09. The second kappa shape index (κ2) is 6.38. The Morgan fingerprint density at radius 1 is 1.30 bits per heavy atom. The minimum Gasteiger partial charge on any atom is -0.374 e. The number of aliphatic imine (C=N–C) groups is 1. The van der Waals surface area contributed by atoms with Crippen LogP contribution in [0.1, 0.15) is 36.7 Å². The third kappa shape index (κ3) is 3.23. The van der Waals surface area contributed by atoms with Gasteiger partial charge in [-0.05, 0) is 19.3 Å². The van der Waals surface area contributed by atoms with Crippen LogP contribution in [0.2, 0.25) is 0 Å². The SMILES string of the molecule is NC1=NC=C(c2cc(N3C[C@@H]4C[C@H]3CO4)nc(C3CC3)n2)CN1OC(F)F. The molecule has 2 bridgehead atoms. The molecule has 144 valence electrons. The number of anilines is 1. The van der Waals surface area contributed by atoms with Crippen molar-refractivity contribution in [2.24, 2.45) is 10.7 Å². The van der Waals surface area contributed by atoms with Gasteiger partial charge in [0.15, 0.2) is 0 Å². The Kier molecular flexibility index (Phi) is 3.97. The third-order valence-corrected chi connectivity index (χ3v) is 5.33. The van der Waals surface area contributed by atoms with Gasteiger partial charge >= 0.3 is 6.61 Å². The van der Waals surface area contributed by atoms with Crippen LogP contribution in [0.4, 0.5) is 14.6 Å². The summed E-state index contributed by atoms with van der Waals surface area (Å²) in [5.41, 5.74) is 6.98. The fraction of sp³-hybridized carbons (Fsp3) is 0.588. The molecule has 1 aromatic rings. The normalized spacial score (nSPS) is 27.4. The number of ether oxygens (including phenoxy) is 1. The zero-order valence-electron chi connectivity index (χ0n) is 14.6. The van der Waals surface area contributed by atoms with Gasteiger partial charge in [-0.1, -0.05) is 0 Å². The number of halogens is 2. The van der Waals surface area contributed by atoms with E-state index in [2.05, 4.69) is 19.7 Å². The highest BCUT2D eigenvalue weighted by Crippen LogP contribution is 2.40. The van der Waals surface area contributed by atoms with Crippen LogP contribution in [0.25, 0.3) is 5.57 Å². The van der Waals surface area contributed by atoms with Crippen LogP contribution in [0.3, 0.4) is 0 Å². The first kappa shape index (κ1) is 16.8. The van der Waals surface area contributed by atoms with Crippen molar-refractivity contribution in [1.82, 2.24) is 15.0 Å². The summed E-state index contributed by atoms with van der Waals surface area (Å²) in [6.45, 7) is -1.39. The number of rotatable bonds is 5. The van der Waals surface area contributed by atoms with Crippen LogP contribution in [-0.2, 0) is 9.57 Å². The molecule has 4 aliphatic rings. The Bertz CT molecular complexity index is 813. The minimum absolute atomic E-state index is 0.0510. The van der Waals surface area contributed by atoms with E-state index in [1.807, 2.05) is 6.07 Å². The van der Waals surface area contributed by atoms with E-state index in [1.165, 1.54) is 0 Å². The van der Waals surface area contributed by atoms with Crippen molar-refractivity contribution in [2.45, 2.75) is 43.9 Å². The monoisotopic (exact) mass is 378 g/mol. The van der Waals surface area contributed by atoms with E-state index in [1.54, 1.807) is 6.20 Å². The maximum atomic E-state index is 12.6. The molecule has 1 saturated carbocycles. The van der Waals surface area contributed by atoms with Gasteiger partial charge in [-0.2, -0.15) is 8.78 Å². The number of fused-ring (bicyclic) bond motifs is 2. The minimum atomic E-state index is -2.97. The molecule has 2 atom stereocenters. The quantitative estimate of drug-likeness (QED) is 0.830. The first-order chi connectivity index (χ1) is 13.1. The molecule has 0 unspecified atom stereocenters. The van der Waals surface area contributed by atoms with Gasteiger partial charge in [0.2, 0.25) is 5.96 Å². The molecule has 0 aromatic carbocycles. The lowest BCUT2D eigenvalue weighted by molar-refractivity contribution is -0.245. The van der Waals surface area contributed by atoms with Crippen LogP contribution in [0.15, 0.2) is 17.3 Å². The molecular formula is C17H20F2N6O2. The lowest BCUT2D eigenvalue weighted by atomic mass is 10.1. The van der Waals surface area contributed by atoms with Crippen LogP contribution >= 0.6 is 0 Å². The van der Waals surface area contributed by atoms with Gasteiger partial charge in [0.1, 0.15) is 11.6 Å². The van der Waals surface area contributed by atoms with Gasteiger partial charge in [0, 0.05) is 30.3 Å². The number of nitrogens with zero attached hydrogens (tertiary/aromatic N) is 5. The van der Waals surface area contributed by atoms with E-state index in [4.69, 9.17) is 15.5 Å². The van der Waals surface area contributed by atoms with Crippen molar-refractivity contribution in [3.63, 3.8) is 0 Å². The van der Waals surface area contributed by atoms with Gasteiger partial charge in [0.25, 0.3) is 0 Å². The molecule has 5 rings (SSSR count). The predicted molar refractivity (Wildman–Crippen MR) is 92.9 cm³/mol. The second-order valence-corrected chi connectivity index (χ2v) is 7.29. The maximum Gasteiger partial charge on any atom is 0.365 e. The number of hydroxylamine groups is 2. The van der Waals surface area contributed by atoms with Gasteiger partial charge in [-0.15, -0.1) is 0 Å². The summed E-state index contributed by atoms with van der Waals surface area (Å²) in [4.78, 5) is 20.1. The molecular weight excluding hydrogens is 358 g/mol. The number of aromatic nitrogens is 2. The maximum absolute atomic E-state index is 12.6. The number of morpholine rings is 1. The van der Waals surface area contributed by atoms with E-state index in [9.17, 15) is 8.78 Å². The number of nitrogens with two attached hydrogens (primary N) is 1. The fourth-order valence-electron chi connectivity index (χ4n) is 3.79. The molecule has 10 heteroatoms. The van der Waals surface area contributed by atoms with Crippen LogP contribution in [0.5, 0.6) is 0 Å². The summed E-state index contributed by atoms with van der Waals surface area (Å²) < 4.78 is 30.9. The van der Waals surface area contributed by atoms with Gasteiger partial charge in [-0.25, -0.2) is 24.9 Å². The molecule has 4 heterocycles. The van der Waals surface area contributed by atoms with Crippen molar-refractivity contribution in [2.75, 3.05) is 24.6 Å². The van der Waals surface area contributed by atoms with Crippen molar-refractivity contribution in [1.29, 1.82) is 0 Å². The summed E-state index contributed by atoms with van der Waals surface area (Å²) in [5.74, 6) is 1.93. The molecule has 0 spiro atoms. The van der Waals surface area contributed by atoms with E-state index in [-0.39, 0.29) is 18.6 Å². The van der Waals surface area contributed by atoms with Gasteiger partial charge in [-0.3, -0.25) is 0 Å². The summed E-state index contributed by atoms with van der Waals surface area (Å²) >= 11 is 0. The van der Waals surface area contributed by atoms with E-state index >= 15 is 0 Å². The van der Waals surface area contributed by atoms with Crippen LogP contribution < -0.4 is 10.6 Å². The average Bonchev–Trinajstić information content (AvgIpc) is 3.29. The average molecular weight is 378 g/mol. The lowest BCUT2D eigenvalue weighted by Gasteiger charge is -2.29. The number of guanidine groups is 1. The number of alkyl halides is 2. The van der Waals surface area contributed by atoms with E-state index in [0.29, 0.717) is 29.8 Å². The predicted octanol–water partition coefficient (Wildman–Crippen LogP) is 1.46. The summed E-state index contributed by atoms with van der Waals surface area (Å²) in [6, 6.07) is 2.23. The topological polar surface area (TPSA) is 89.1 Å². The first-order valence-corrected chi connectivity index (χ1v) is 9.09. The van der Waals surface area contributed by atoms with Gasteiger partial charge in [0.05, 0.1) is 31.0 Å². The fourth-order valence-corrected chi connectivity index (χ4v) is 3.79. The molecule has 1 aliphatic carbocycles. The molecule has 27 heavy (non-hydrogen) atoms. The third-order valence-electron chi connectivity index (χ3n) is 5.33. The molecule has 0 amide bonds. The highest BCUT2D eigenvalue weighted by molar-refractivity contribution is 5.83. The number of hydrogen-bond donors (Lipinski definition) is 1. The molecule has 1 aromatic heterocycles. The van der Waals surface area contributed by atoms with E-state index in [0.717, 1.165) is 42.5 Å². The molecule has 8 nitrogen and oxygen atoms in total. The van der Waals surface area contributed by atoms with Crippen LogP contribution in [0, 0.1) is 0 Å². The molecule has 0 radical (unpaired) electrons. The smallest absolute Gasteiger partial charge is 0.365 e. The van der Waals surface area contributed by atoms with Crippen molar-refractivity contribution in [3.8, 4) is 0 Å². The zero-order valence-corrected chi connectivity index (χ0v) is 14.6. The lowest BCUT2D eigenvalue weighted by Crippen LogP contribution is -2.41. The second-order valence-electron chi connectivity index (χ2n) is 7.29. The Labute approximate surface area is 154 Å².